The number of amidine groups is 1. The fraction of sp³-hybridized carbons (Fsp3) is 0.211. The van der Waals surface area contributed by atoms with E-state index in [1.807, 2.05) is 23.1 Å². The van der Waals surface area contributed by atoms with Crippen LogP contribution in [0.5, 0.6) is 0 Å². The molecule has 1 saturated heterocycles. The molecular weight excluding hydrogens is 353 g/mol. The number of ketones is 1. The first kappa shape index (κ1) is 15.6. The summed E-state index contributed by atoms with van der Waals surface area (Å²) in [5.41, 5.74) is 2.79. The minimum atomic E-state index is -1.71. The van der Waals surface area contributed by atoms with Crippen molar-refractivity contribution in [2.24, 2.45) is 4.99 Å². The van der Waals surface area contributed by atoms with E-state index in [-0.39, 0.29) is 12.0 Å². The number of thiazole rings is 1. The Morgan fingerprint density at radius 2 is 2.15 bits per heavy atom. The maximum Gasteiger partial charge on any atom is 0.204 e. The number of carbonyl (C=O) groups excluding carboxylic acids is 1. The molecule has 0 saturated carbocycles. The predicted molar refractivity (Wildman–Crippen MR) is 99.1 cm³/mol. The third kappa shape index (κ3) is 2.01. The number of halogens is 1. The number of aryl methyl sites for hydroxylation is 1. The van der Waals surface area contributed by atoms with Crippen molar-refractivity contribution in [3.8, 4) is 0 Å². The lowest BCUT2D eigenvalue weighted by atomic mass is 9.87. The number of hydrogen-bond acceptors (Lipinski definition) is 6. The largest absolute Gasteiger partial charge is 0.374 e. The number of aromatic nitrogens is 1. The highest BCUT2D eigenvalue weighted by molar-refractivity contribution is 7.16. The van der Waals surface area contributed by atoms with Crippen LogP contribution in [-0.4, -0.2) is 33.9 Å². The summed E-state index contributed by atoms with van der Waals surface area (Å²) in [4.78, 5) is 23.6. The highest BCUT2D eigenvalue weighted by Gasteiger charge is 2.52. The molecule has 0 amide bonds. The summed E-state index contributed by atoms with van der Waals surface area (Å²) in [6.45, 7) is 2.09. The summed E-state index contributed by atoms with van der Waals surface area (Å²) in [5, 5.41) is 11.0. The summed E-state index contributed by atoms with van der Waals surface area (Å²) in [5.74, 6) is -0.646. The molecule has 3 aromatic rings. The molecule has 1 aromatic heterocycles. The van der Waals surface area contributed by atoms with E-state index >= 15 is 0 Å². The van der Waals surface area contributed by atoms with Crippen LogP contribution in [0.1, 0.15) is 22.3 Å². The van der Waals surface area contributed by atoms with E-state index in [4.69, 9.17) is 0 Å². The monoisotopic (exact) mass is 367 g/mol. The minimum absolute atomic E-state index is 0.138. The van der Waals surface area contributed by atoms with Gasteiger partial charge in [0.05, 0.1) is 21.4 Å². The SMILES string of the molecule is Cc1cc2c(cc1F)C(=O)[C@]1(O)CCN(c3ccc4ncsc4c3)C1=N2. The number of carbonyl (C=O) groups is 1. The van der Waals surface area contributed by atoms with Gasteiger partial charge in [0.25, 0.3) is 0 Å². The molecule has 0 spiro atoms. The standard InChI is InChI=1S/C19H14FN3O2S/c1-10-6-15-12(8-13(10)20)17(24)19(25)4-5-23(18(19)22-15)11-2-3-14-16(7-11)26-9-21-14/h2-3,6-9,25H,4-5H2,1H3/t19-/m1/s1. The van der Waals surface area contributed by atoms with Crippen LogP contribution in [0.3, 0.4) is 0 Å². The summed E-state index contributed by atoms with van der Waals surface area (Å²) >= 11 is 1.53. The van der Waals surface area contributed by atoms with Crippen molar-refractivity contribution in [2.45, 2.75) is 18.9 Å². The van der Waals surface area contributed by atoms with Gasteiger partial charge < -0.3 is 10.0 Å². The Bertz CT molecular complexity index is 1120. The molecule has 2 aliphatic rings. The highest BCUT2D eigenvalue weighted by Crippen LogP contribution is 2.40. The van der Waals surface area contributed by atoms with E-state index in [2.05, 4.69) is 9.98 Å². The van der Waals surface area contributed by atoms with Crippen LogP contribution in [0.4, 0.5) is 15.8 Å². The lowest BCUT2D eigenvalue weighted by Crippen LogP contribution is -2.48. The van der Waals surface area contributed by atoms with Gasteiger partial charge >= 0.3 is 0 Å². The minimum Gasteiger partial charge on any atom is -0.374 e. The van der Waals surface area contributed by atoms with E-state index in [9.17, 15) is 14.3 Å². The molecular formula is C19H14FN3O2S. The molecule has 5 rings (SSSR count). The molecule has 0 radical (unpaired) electrons. The summed E-state index contributed by atoms with van der Waals surface area (Å²) in [7, 11) is 0. The van der Waals surface area contributed by atoms with Gasteiger partial charge in [0.15, 0.2) is 5.60 Å². The average Bonchev–Trinajstić information content (AvgIpc) is 3.22. The first-order chi connectivity index (χ1) is 12.5. The lowest BCUT2D eigenvalue weighted by Gasteiger charge is -2.30. The van der Waals surface area contributed by atoms with Crippen molar-refractivity contribution < 1.29 is 14.3 Å². The zero-order valence-electron chi connectivity index (χ0n) is 13.9. The predicted octanol–water partition coefficient (Wildman–Crippen LogP) is 3.61. The van der Waals surface area contributed by atoms with Crippen LogP contribution in [0, 0.1) is 12.7 Å². The first-order valence-corrected chi connectivity index (χ1v) is 9.12. The van der Waals surface area contributed by atoms with Crippen LogP contribution < -0.4 is 4.90 Å². The Labute approximate surface area is 152 Å². The molecule has 7 heteroatoms. The van der Waals surface area contributed by atoms with Crippen molar-refractivity contribution in [2.75, 3.05) is 11.4 Å². The third-order valence-electron chi connectivity index (χ3n) is 5.07. The number of Topliss-reactive ketones (excluding diaryl/α,β-unsaturated/α-hetero) is 1. The van der Waals surface area contributed by atoms with Crippen LogP contribution in [0.2, 0.25) is 0 Å². The number of anilines is 1. The number of aliphatic hydroxyl groups is 1. The van der Waals surface area contributed by atoms with E-state index in [1.165, 1.54) is 17.4 Å². The van der Waals surface area contributed by atoms with Crippen LogP contribution in [-0.2, 0) is 0 Å². The van der Waals surface area contributed by atoms with E-state index in [0.717, 1.165) is 15.9 Å². The first-order valence-electron chi connectivity index (χ1n) is 8.25. The molecule has 0 bridgehead atoms. The number of fused-ring (bicyclic) bond motifs is 3. The fourth-order valence-electron chi connectivity index (χ4n) is 3.62. The second-order valence-electron chi connectivity index (χ2n) is 6.65. The molecule has 130 valence electrons. The van der Waals surface area contributed by atoms with Gasteiger partial charge in [0.1, 0.15) is 11.7 Å². The number of nitrogens with zero attached hydrogens (tertiary/aromatic N) is 3. The van der Waals surface area contributed by atoms with Crippen molar-refractivity contribution in [3.63, 3.8) is 0 Å². The lowest BCUT2D eigenvalue weighted by molar-refractivity contribution is 0.0601. The van der Waals surface area contributed by atoms with Gasteiger partial charge in [-0.15, -0.1) is 11.3 Å². The molecule has 0 aliphatic carbocycles. The normalized spacial score (nSPS) is 21.7. The quantitative estimate of drug-likeness (QED) is 0.714. The second kappa shape index (κ2) is 5.18. The van der Waals surface area contributed by atoms with E-state index < -0.39 is 17.2 Å². The Morgan fingerprint density at radius 3 is 3.00 bits per heavy atom. The van der Waals surface area contributed by atoms with Crippen LogP contribution >= 0.6 is 11.3 Å². The van der Waals surface area contributed by atoms with E-state index in [1.54, 1.807) is 18.5 Å². The Morgan fingerprint density at radius 1 is 1.31 bits per heavy atom. The maximum atomic E-state index is 13.9. The van der Waals surface area contributed by atoms with Gasteiger partial charge in [-0.05, 0) is 42.8 Å². The molecule has 2 aliphatic heterocycles. The number of hydrogen-bond donors (Lipinski definition) is 1. The van der Waals surface area contributed by atoms with Gasteiger partial charge in [-0.3, -0.25) is 4.79 Å². The smallest absolute Gasteiger partial charge is 0.204 e. The number of rotatable bonds is 1. The van der Waals surface area contributed by atoms with Crippen molar-refractivity contribution in [1.29, 1.82) is 0 Å². The number of aliphatic imine (C=N–C) groups is 1. The van der Waals surface area contributed by atoms with Gasteiger partial charge in [-0.2, -0.15) is 0 Å². The third-order valence-corrected chi connectivity index (χ3v) is 5.86. The summed E-state index contributed by atoms with van der Waals surface area (Å²) in [6.07, 6.45) is 0.223. The molecule has 3 heterocycles. The zero-order valence-corrected chi connectivity index (χ0v) is 14.7. The van der Waals surface area contributed by atoms with Crippen molar-refractivity contribution in [3.05, 3.63) is 52.8 Å². The van der Waals surface area contributed by atoms with Gasteiger partial charge in [0.2, 0.25) is 5.78 Å². The van der Waals surface area contributed by atoms with Crippen LogP contribution in [0.25, 0.3) is 10.2 Å². The molecule has 1 N–H and O–H groups in total. The Hall–Kier alpha value is -2.64. The van der Waals surface area contributed by atoms with Crippen LogP contribution in [0.15, 0.2) is 40.8 Å². The fourth-order valence-corrected chi connectivity index (χ4v) is 4.33. The zero-order chi connectivity index (χ0) is 18.1. The molecule has 5 nitrogen and oxygen atoms in total. The molecule has 1 fully saturated rings. The molecule has 1 atom stereocenters. The molecule has 2 aromatic carbocycles. The van der Waals surface area contributed by atoms with Crippen molar-refractivity contribution in [1.82, 2.24) is 4.98 Å². The maximum absolute atomic E-state index is 13.9. The topological polar surface area (TPSA) is 65.8 Å². The molecule has 26 heavy (non-hydrogen) atoms. The molecule has 0 unspecified atom stereocenters. The second-order valence-corrected chi connectivity index (χ2v) is 7.54. The summed E-state index contributed by atoms with van der Waals surface area (Å²) < 4.78 is 14.9. The summed E-state index contributed by atoms with van der Waals surface area (Å²) in [6, 6.07) is 8.54. The van der Waals surface area contributed by atoms with Crippen molar-refractivity contribution >= 4 is 44.5 Å². The van der Waals surface area contributed by atoms with E-state index in [0.29, 0.717) is 23.6 Å². The highest BCUT2D eigenvalue weighted by atomic mass is 32.1. The Kier molecular flexibility index (Phi) is 3.11. The van der Waals surface area contributed by atoms with Gasteiger partial charge in [-0.1, -0.05) is 0 Å². The Balaban J connectivity index is 1.67. The van der Waals surface area contributed by atoms with Gasteiger partial charge in [-0.25, -0.2) is 14.4 Å². The number of benzene rings is 2. The van der Waals surface area contributed by atoms with Gasteiger partial charge in [0, 0.05) is 24.2 Å². The average molecular weight is 367 g/mol.